The minimum atomic E-state index is -3.94. The molecule has 0 unspecified atom stereocenters. The summed E-state index contributed by atoms with van der Waals surface area (Å²) in [7, 11) is 0. The van der Waals surface area contributed by atoms with Gasteiger partial charge in [0, 0.05) is 0 Å². The molecule has 0 aromatic heterocycles. The predicted octanol–water partition coefficient (Wildman–Crippen LogP) is 2.82. The third-order valence-corrected chi connectivity index (χ3v) is 2.06. The van der Waals surface area contributed by atoms with Crippen LogP contribution in [-0.2, 0) is 10.7 Å². The second-order valence-electron chi connectivity index (χ2n) is 2.86. The minimum Gasteiger partial charge on any atom is -0.477 e. The number of alkyl halides is 2. The highest BCUT2D eigenvalue weighted by atomic mass is 35.5. The van der Waals surface area contributed by atoms with Gasteiger partial charge < -0.3 is 5.11 Å². The summed E-state index contributed by atoms with van der Waals surface area (Å²) in [6.07, 6.45) is 0. The summed E-state index contributed by atoms with van der Waals surface area (Å²) in [4.78, 5) is 10.3. The molecule has 2 nitrogen and oxygen atoms in total. The maximum Gasteiger partial charge on any atom is 0.379 e. The van der Waals surface area contributed by atoms with Crippen LogP contribution in [-0.4, -0.2) is 11.1 Å². The Morgan fingerprint density at radius 3 is 2.57 bits per heavy atom. The van der Waals surface area contributed by atoms with Crippen LogP contribution in [0.15, 0.2) is 18.2 Å². The molecule has 0 fully saturated rings. The third-order valence-electron chi connectivity index (χ3n) is 1.73. The molecule has 5 heteroatoms. The van der Waals surface area contributed by atoms with E-state index >= 15 is 0 Å². The van der Waals surface area contributed by atoms with E-state index in [0.29, 0.717) is 5.56 Å². The molecule has 0 atom stereocenters. The Hall–Kier alpha value is -1.16. The molecule has 0 saturated carbocycles. The van der Waals surface area contributed by atoms with E-state index in [0.717, 1.165) is 6.07 Å². The molecule has 1 aromatic rings. The van der Waals surface area contributed by atoms with Crippen molar-refractivity contribution < 1.29 is 18.7 Å². The lowest BCUT2D eigenvalue weighted by molar-refractivity contribution is -0.166. The van der Waals surface area contributed by atoms with Crippen molar-refractivity contribution in [2.24, 2.45) is 0 Å². The molecule has 1 aromatic carbocycles. The fourth-order valence-corrected chi connectivity index (χ4v) is 1.23. The number of benzene rings is 1. The van der Waals surface area contributed by atoms with Crippen LogP contribution < -0.4 is 0 Å². The molecule has 0 radical (unpaired) electrons. The number of aryl methyl sites for hydroxylation is 1. The van der Waals surface area contributed by atoms with Crippen LogP contribution >= 0.6 is 11.6 Å². The predicted molar refractivity (Wildman–Crippen MR) is 47.7 cm³/mol. The van der Waals surface area contributed by atoms with Gasteiger partial charge in [-0.2, -0.15) is 8.78 Å². The number of hydrogen-bond donors (Lipinski definition) is 1. The van der Waals surface area contributed by atoms with E-state index in [1.807, 2.05) is 0 Å². The van der Waals surface area contributed by atoms with Gasteiger partial charge in [0.05, 0.1) is 10.6 Å². The van der Waals surface area contributed by atoms with Crippen LogP contribution in [0.4, 0.5) is 8.78 Å². The van der Waals surface area contributed by atoms with Crippen molar-refractivity contribution in [3.8, 4) is 0 Å². The number of carboxylic acids is 1. The highest BCUT2D eigenvalue weighted by Gasteiger charge is 2.42. The molecule has 0 spiro atoms. The zero-order valence-corrected chi connectivity index (χ0v) is 7.98. The number of rotatable bonds is 2. The molecule has 0 bridgehead atoms. The minimum absolute atomic E-state index is 0.247. The maximum absolute atomic E-state index is 13.0. The van der Waals surface area contributed by atoms with Crippen LogP contribution in [0.25, 0.3) is 0 Å². The van der Waals surface area contributed by atoms with Crippen molar-refractivity contribution in [3.05, 3.63) is 34.3 Å². The van der Waals surface area contributed by atoms with Crippen molar-refractivity contribution in [2.75, 3.05) is 0 Å². The molecule has 0 amide bonds. The van der Waals surface area contributed by atoms with Crippen LogP contribution in [0.3, 0.4) is 0 Å². The number of halogens is 3. The lowest BCUT2D eigenvalue weighted by Gasteiger charge is -2.13. The van der Waals surface area contributed by atoms with Crippen LogP contribution in [0.1, 0.15) is 11.1 Å². The molecule has 0 aliphatic carbocycles. The van der Waals surface area contributed by atoms with Crippen molar-refractivity contribution in [1.29, 1.82) is 0 Å². The molecule has 0 saturated heterocycles. The first-order valence-corrected chi connectivity index (χ1v) is 4.11. The summed E-state index contributed by atoms with van der Waals surface area (Å²) in [5.41, 5.74) is -0.142. The van der Waals surface area contributed by atoms with Gasteiger partial charge >= 0.3 is 11.9 Å². The zero-order chi connectivity index (χ0) is 10.9. The summed E-state index contributed by atoms with van der Waals surface area (Å²) in [5.74, 6) is -6.15. The van der Waals surface area contributed by atoms with Crippen LogP contribution in [0.5, 0.6) is 0 Å². The quantitative estimate of drug-likeness (QED) is 0.832. The second-order valence-corrected chi connectivity index (χ2v) is 3.27. The van der Waals surface area contributed by atoms with E-state index < -0.39 is 17.5 Å². The van der Waals surface area contributed by atoms with E-state index in [2.05, 4.69) is 0 Å². The van der Waals surface area contributed by atoms with Gasteiger partial charge in [-0.15, -0.1) is 0 Å². The number of carbonyl (C=O) groups is 1. The first-order chi connectivity index (χ1) is 6.35. The van der Waals surface area contributed by atoms with Gasteiger partial charge in [-0.05, 0) is 19.1 Å². The Morgan fingerprint density at radius 2 is 2.07 bits per heavy atom. The maximum atomic E-state index is 13.0. The van der Waals surface area contributed by atoms with E-state index in [-0.39, 0.29) is 5.02 Å². The van der Waals surface area contributed by atoms with Gasteiger partial charge in [0.1, 0.15) is 0 Å². The molecule has 0 heterocycles. The zero-order valence-electron chi connectivity index (χ0n) is 7.22. The SMILES string of the molecule is Cc1ccc(Cl)c(C(F)(F)C(=O)O)c1. The fourth-order valence-electron chi connectivity index (χ4n) is 0.995. The van der Waals surface area contributed by atoms with E-state index in [1.54, 1.807) is 6.92 Å². The van der Waals surface area contributed by atoms with Crippen molar-refractivity contribution in [3.63, 3.8) is 0 Å². The molecule has 1 rings (SSSR count). The highest BCUT2D eigenvalue weighted by molar-refractivity contribution is 6.31. The fraction of sp³-hybridized carbons (Fsp3) is 0.222. The standard InChI is InChI=1S/C9H7ClF2O2/c1-5-2-3-7(10)6(4-5)9(11,12)8(13)14/h2-4H,1H3,(H,13,14). The summed E-state index contributed by atoms with van der Waals surface area (Å²) >= 11 is 5.48. The molecular weight excluding hydrogens is 214 g/mol. The van der Waals surface area contributed by atoms with E-state index in [1.165, 1.54) is 12.1 Å². The molecule has 14 heavy (non-hydrogen) atoms. The monoisotopic (exact) mass is 220 g/mol. The Kier molecular flexibility index (Phi) is 2.76. The smallest absolute Gasteiger partial charge is 0.379 e. The second kappa shape index (κ2) is 3.53. The number of aliphatic carboxylic acids is 1. The summed E-state index contributed by atoms with van der Waals surface area (Å²) in [5, 5.41) is 8.05. The van der Waals surface area contributed by atoms with Gasteiger partial charge in [-0.3, -0.25) is 0 Å². The molecule has 0 aliphatic heterocycles. The first kappa shape index (κ1) is 10.9. The van der Waals surface area contributed by atoms with Crippen molar-refractivity contribution in [2.45, 2.75) is 12.8 Å². The first-order valence-electron chi connectivity index (χ1n) is 3.73. The van der Waals surface area contributed by atoms with Gasteiger partial charge in [-0.1, -0.05) is 23.2 Å². The number of hydrogen-bond acceptors (Lipinski definition) is 1. The Bertz CT molecular complexity index is 377. The summed E-state index contributed by atoms with van der Waals surface area (Å²) in [6, 6.07) is 3.85. The van der Waals surface area contributed by atoms with Gasteiger partial charge in [-0.25, -0.2) is 4.79 Å². The lowest BCUT2D eigenvalue weighted by atomic mass is 10.1. The molecular formula is C9H7ClF2O2. The Balaban J connectivity index is 3.31. The highest BCUT2D eigenvalue weighted by Crippen LogP contribution is 2.34. The van der Waals surface area contributed by atoms with E-state index in [4.69, 9.17) is 16.7 Å². The third kappa shape index (κ3) is 1.85. The molecule has 0 aliphatic rings. The average molecular weight is 221 g/mol. The Morgan fingerprint density at radius 1 is 1.50 bits per heavy atom. The molecule has 76 valence electrons. The van der Waals surface area contributed by atoms with E-state index in [9.17, 15) is 13.6 Å². The lowest BCUT2D eigenvalue weighted by Crippen LogP contribution is -2.25. The van der Waals surface area contributed by atoms with Gasteiger partial charge in [0.25, 0.3) is 0 Å². The van der Waals surface area contributed by atoms with Crippen molar-refractivity contribution >= 4 is 17.6 Å². The topological polar surface area (TPSA) is 37.3 Å². The van der Waals surface area contributed by atoms with Crippen LogP contribution in [0, 0.1) is 6.92 Å². The van der Waals surface area contributed by atoms with Crippen molar-refractivity contribution in [1.82, 2.24) is 0 Å². The normalized spacial score (nSPS) is 11.4. The Labute approximate surface area is 84.1 Å². The van der Waals surface area contributed by atoms with Gasteiger partial charge in [0.2, 0.25) is 0 Å². The average Bonchev–Trinajstić information content (AvgIpc) is 2.08. The number of carboxylic acid groups (broad SMARTS) is 1. The molecule has 1 N–H and O–H groups in total. The summed E-state index contributed by atoms with van der Waals surface area (Å²) in [6.45, 7) is 1.58. The summed E-state index contributed by atoms with van der Waals surface area (Å²) < 4.78 is 26.1. The largest absolute Gasteiger partial charge is 0.477 e. The van der Waals surface area contributed by atoms with Gasteiger partial charge in [0.15, 0.2) is 0 Å². The van der Waals surface area contributed by atoms with Crippen LogP contribution in [0.2, 0.25) is 5.02 Å².